The molecule has 0 saturated carbocycles. The molecule has 5 nitrogen and oxygen atoms in total. The Balaban J connectivity index is 2.61. The highest BCUT2D eigenvalue weighted by Crippen LogP contribution is 2.32. The van der Waals surface area contributed by atoms with Crippen LogP contribution in [-0.4, -0.2) is 22.6 Å². The van der Waals surface area contributed by atoms with E-state index in [1.807, 2.05) is 0 Å². The molecule has 0 aliphatic rings. The SMILES string of the molecule is COC(=O)c1ncn(-c2c(Cl)cc(F)cc2Cl)c1N. The summed E-state index contributed by atoms with van der Waals surface area (Å²) in [5.41, 5.74) is 5.95. The molecule has 1 aromatic carbocycles. The van der Waals surface area contributed by atoms with Gasteiger partial charge in [-0.1, -0.05) is 23.2 Å². The van der Waals surface area contributed by atoms with Gasteiger partial charge in [0.15, 0.2) is 5.69 Å². The van der Waals surface area contributed by atoms with E-state index in [1.54, 1.807) is 0 Å². The molecule has 0 aliphatic carbocycles. The molecule has 2 rings (SSSR count). The van der Waals surface area contributed by atoms with Crippen molar-refractivity contribution in [3.8, 4) is 5.69 Å². The normalized spacial score (nSPS) is 10.5. The topological polar surface area (TPSA) is 70.1 Å². The fourth-order valence-corrected chi connectivity index (χ4v) is 2.20. The molecule has 0 unspecified atom stereocenters. The molecule has 0 atom stereocenters. The Labute approximate surface area is 117 Å². The largest absolute Gasteiger partial charge is 0.464 e. The molecule has 1 aromatic heterocycles. The summed E-state index contributed by atoms with van der Waals surface area (Å²) in [5.74, 6) is -1.27. The highest BCUT2D eigenvalue weighted by Gasteiger charge is 2.20. The van der Waals surface area contributed by atoms with Crippen LogP contribution in [0, 0.1) is 5.82 Å². The lowest BCUT2D eigenvalue weighted by Crippen LogP contribution is -2.08. The first-order valence-corrected chi connectivity index (χ1v) is 5.77. The summed E-state index contributed by atoms with van der Waals surface area (Å²) in [6.45, 7) is 0. The van der Waals surface area contributed by atoms with Gasteiger partial charge >= 0.3 is 5.97 Å². The fourth-order valence-electron chi connectivity index (χ4n) is 1.55. The maximum absolute atomic E-state index is 13.1. The number of benzene rings is 1. The van der Waals surface area contributed by atoms with Crippen LogP contribution in [-0.2, 0) is 4.74 Å². The summed E-state index contributed by atoms with van der Waals surface area (Å²) in [4.78, 5) is 15.2. The van der Waals surface area contributed by atoms with Gasteiger partial charge in [-0.25, -0.2) is 14.2 Å². The maximum atomic E-state index is 13.1. The van der Waals surface area contributed by atoms with Crippen molar-refractivity contribution in [1.29, 1.82) is 0 Å². The van der Waals surface area contributed by atoms with E-state index < -0.39 is 11.8 Å². The van der Waals surface area contributed by atoms with Crippen LogP contribution >= 0.6 is 23.2 Å². The van der Waals surface area contributed by atoms with Crippen LogP contribution in [0.2, 0.25) is 10.0 Å². The summed E-state index contributed by atoms with van der Waals surface area (Å²) >= 11 is 11.8. The first-order chi connectivity index (χ1) is 8.95. The number of carbonyl (C=O) groups is 1. The first kappa shape index (κ1) is 13.6. The number of aromatic nitrogens is 2. The van der Waals surface area contributed by atoms with Gasteiger partial charge < -0.3 is 10.5 Å². The number of ether oxygens (including phenoxy) is 1. The minimum absolute atomic E-state index is 0.00209. The molecule has 8 heteroatoms. The van der Waals surface area contributed by atoms with E-state index in [2.05, 4.69) is 9.72 Å². The molecule has 1 heterocycles. The van der Waals surface area contributed by atoms with Crippen molar-refractivity contribution in [3.05, 3.63) is 40.0 Å². The van der Waals surface area contributed by atoms with Gasteiger partial charge in [-0.15, -0.1) is 0 Å². The summed E-state index contributed by atoms with van der Waals surface area (Å²) < 4.78 is 18.9. The van der Waals surface area contributed by atoms with E-state index >= 15 is 0 Å². The molecule has 0 aliphatic heterocycles. The quantitative estimate of drug-likeness (QED) is 0.866. The lowest BCUT2D eigenvalue weighted by molar-refractivity contribution is 0.0596. The third kappa shape index (κ3) is 2.36. The Kier molecular flexibility index (Phi) is 3.64. The summed E-state index contributed by atoms with van der Waals surface area (Å²) in [5, 5.41) is 0.0935. The Bertz CT molecular complexity index is 634. The van der Waals surface area contributed by atoms with E-state index in [1.165, 1.54) is 18.0 Å². The number of methoxy groups -OCH3 is 1. The van der Waals surface area contributed by atoms with Crippen LogP contribution in [0.4, 0.5) is 10.2 Å². The van der Waals surface area contributed by atoms with Gasteiger partial charge in [-0.05, 0) is 12.1 Å². The molecule has 0 radical (unpaired) electrons. The Morgan fingerprint density at radius 1 is 1.42 bits per heavy atom. The molecule has 0 bridgehead atoms. The van der Waals surface area contributed by atoms with E-state index in [9.17, 15) is 9.18 Å². The van der Waals surface area contributed by atoms with Gasteiger partial charge in [0.1, 0.15) is 18.0 Å². The van der Waals surface area contributed by atoms with Crippen molar-refractivity contribution in [3.63, 3.8) is 0 Å². The second-order valence-electron chi connectivity index (χ2n) is 3.56. The van der Waals surface area contributed by atoms with Gasteiger partial charge in [0, 0.05) is 0 Å². The smallest absolute Gasteiger partial charge is 0.360 e. The molecule has 0 amide bonds. The average Bonchev–Trinajstić information content (AvgIpc) is 2.69. The number of anilines is 1. The minimum Gasteiger partial charge on any atom is -0.464 e. The zero-order valence-corrected chi connectivity index (χ0v) is 11.2. The van der Waals surface area contributed by atoms with Crippen LogP contribution in [0.15, 0.2) is 18.5 Å². The highest BCUT2D eigenvalue weighted by atomic mass is 35.5. The summed E-state index contributed by atoms with van der Waals surface area (Å²) in [7, 11) is 1.21. The Morgan fingerprint density at radius 2 is 2.00 bits per heavy atom. The number of halogens is 3. The molecule has 0 spiro atoms. The number of hydrogen-bond acceptors (Lipinski definition) is 4. The Morgan fingerprint density at radius 3 is 2.53 bits per heavy atom. The van der Waals surface area contributed by atoms with E-state index in [0.29, 0.717) is 0 Å². The van der Waals surface area contributed by atoms with Crippen LogP contribution in [0.1, 0.15) is 10.5 Å². The number of nitrogens with two attached hydrogens (primary N) is 1. The van der Waals surface area contributed by atoms with Crippen molar-refractivity contribution in [2.75, 3.05) is 12.8 Å². The van der Waals surface area contributed by atoms with Crippen molar-refractivity contribution in [2.45, 2.75) is 0 Å². The summed E-state index contributed by atoms with van der Waals surface area (Å²) in [6.07, 6.45) is 1.26. The maximum Gasteiger partial charge on any atom is 0.360 e. The number of nitrogens with zero attached hydrogens (tertiary/aromatic N) is 2. The number of hydrogen-bond donors (Lipinski definition) is 1. The third-order valence-electron chi connectivity index (χ3n) is 2.41. The molecule has 2 N–H and O–H groups in total. The third-order valence-corrected chi connectivity index (χ3v) is 2.98. The number of esters is 1. The highest BCUT2D eigenvalue weighted by molar-refractivity contribution is 6.37. The van der Waals surface area contributed by atoms with E-state index in [4.69, 9.17) is 28.9 Å². The van der Waals surface area contributed by atoms with Crippen LogP contribution in [0.25, 0.3) is 5.69 Å². The zero-order valence-electron chi connectivity index (χ0n) is 9.65. The van der Waals surface area contributed by atoms with Crippen molar-refractivity contribution in [2.24, 2.45) is 0 Å². The molecule has 100 valence electrons. The van der Waals surface area contributed by atoms with Gasteiger partial charge in [-0.2, -0.15) is 0 Å². The lowest BCUT2D eigenvalue weighted by Gasteiger charge is -2.10. The molecular weight excluding hydrogens is 296 g/mol. The van der Waals surface area contributed by atoms with Crippen molar-refractivity contribution in [1.82, 2.24) is 9.55 Å². The standard InChI is InChI=1S/C11H8Cl2FN3O2/c1-19-11(18)8-10(15)17(4-16-8)9-6(12)2-5(14)3-7(9)13/h2-4H,15H2,1H3. The van der Waals surface area contributed by atoms with Crippen molar-refractivity contribution < 1.29 is 13.9 Å². The van der Waals surface area contributed by atoms with Gasteiger partial charge in [0.25, 0.3) is 0 Å². The predicted octanol–water partition coefficient (Wildman–Crippen LogP) is 2.69. The predicted molar refractivity (Wildman–Crippen MR) is 69.3 cm³/mol. The molecule has 0 fully saturated rings. The van der Waals surface area contributed by atoms with E-state index in [0.717, 1.165) is 12.1 Å². The lowest BCUT2D eigenvalue weighted by atomic mass is 10.3. The van der Waals surface area contributed by atoms with Crippen LogP contribution < -0.4 is 5.73 Å². The molecular formula is C11H8Cl2FN3O2. The first-order valence-electron chi connectivity index (χ1n) is 5.01. The van der Waals surface area contributed by atoms with Gasteiger partial charge in [0.05, 0.1) is 22.8 Å². The average molecular weight is 304 g/mol. The van der Waals surface area contributed by atoms with Gasteiger partial charge in [-0.3, -0.25) is 4.57 Å². The van der Waals surface area contributed by atoms with Crippen LogP contribution in [0.3, 0.4) is 0 Å². The minimum atomic E-state index is -0.689. The van der Waals surface area contributed by atoms with Crippen molar-refractivity contribution >= 4 is 35.0 Å². The second-order valence-corrected chi connectivity index (χ2v) is 4.37. The van der Waals surface area contributed by atoms with Crippen LogP contribution in [0.5, 0.6) is 0 Å². The number of carbonyl (C=O) groups excluding carboxylic acids is 1. The summed E-state index contributed by atoms with van der Waals surface area (Å²) in [6, 6.07) is 2.17. The van der Waals surface area contributed by atoms with E-state index in [-0.39, 0.29) is 27.2 Å². The van der Waals surface area contributed by atoms with Gasteiger partial charge in [0.2, 0.25) is 0 Å². The Hall–Kier alpha value is -1.79. The second kappa shape index (κ2) is 5.07. The fraction of sp³-hybridized carbons (Fsp3) is 0.0909. The monoisotopic (exact) mass is 303 g/mol. The molecule has 2 aromatic rings. The number of nitrogen functional groups attached to an aromatic ring is 1. The molecule has 0 saturated heterocycles. The number of rotatable bonds is 2. The molecule has 19 heavy (non-hydrogen) atoms. The zero-order chi connectivity index (χ0) is 14.2. The number of imidazole rings is 1.